The van der Waals surface area contributed by atoms with Gasteiger partial charge in [-0.05, 0) is 48.3 Å². The van der Waals surface area contributed by atoms with E-state index in [4.69, 9.17) is 15.7 Å². The van der Waals surface area contributed by atoms with Gasteiger partial charge in [0.1, 0.15) is 0 Å². The van der Waals surface area contributed by atoms with Crippen LogP contribution in [0.15, 0.2) is 0 Å². The highest BCUT2D eigenvalue weighted by atomic mass is 14.7. The molecular formula is C14H22B2. The van der Waals surface area contributed by atoms with E-state index in [1.54, 1.807) is 0 Å². The van der Waals surface area contributed by atoms with E-state index in [0.717, 1.165) is 17.3 Å². The molecule has 0 aromatic heterocycles. The van der Waals surface area contributed by atoms with Gasteiger partial charge in [0.05, 0.1) is 15.7 Å². The minimum Gasteiger partial charge on any atom is -0.0916 e. The predicted molar refractivity (Wildman–Crippen MR) is 69.6 cm³/mol. The lowest BCUT2D eigenvalue weighted by molar-refractivity contribution is 0.0416. The lowest BCUT2D eigenvalue weighted by Crippen LogP contribution is -2.44. The standard InChI is InChI=1S/C14H22B2/c1-12(2,3)14(15,16)9-4-5-13-8-11(13)7-10(13)6-9/h9-11H,4-8H2,1-3H3. The molecule has 2 heteroatoms. The lowest BCUT2D eigenvalue weighted by Gasteiger charge is -2.53. The summed E-state index contributed by atoms with van der Waals surface area (Å²) in [7, 11) is 12.9. The second-order valence-corrected chi connectivity index (χ2v) is 7.72. The predicted octanol–water partition coefficient (Wildman–Crippen LogP) is 3.31. The first-order valence-electron chi connectivity index (χ1n) is 6.85. The molecule has 4 radical (unpaired) electrons. The van der Waals surface area contributed by atoms with Crippen LogP contribution in [-0.4, -0.2) is 15.7 Å². The molecule has 4 unspecified atom stereocenters. The van der Waals surface area contributed by atoms with Crippen molar-refractivity contribution >= 4 is 15.7 Å². The summed E-state index contributed by atoms with van der Waals surface area (Å²) >= 11 is 0. The van der Waals surface area contributed by atoms with Crippen LogP contribution in [0.25, 0.3) is 0 Å². The van der Waals surface area contributed by atoms with Gasteiger partial charge in [0.2, 0.25) is 0 Å². The molecule has 3 rings (SSSR count). The monoisotopic (exact) mass is 212 g/mol. The Labute approximate surface area is 103 Å². The third kappa shape index (κ3) is 1.25. The fraction of sp³-hybridized carbons (Fsp3) is 1.00. The molecule has 1 spiro atoms. The number of rotatable bonds is 1. The molecule has 3 aliphatic rings. The molecule has 0 N–H and O–H groups in total. The Morgan fingerprint density at radius 3 is 2.19 bits per heavy atom. The normalized spacial score (nSPS) is 46.6. The maximum Gasteiger partial charge on any atom is 0.0631 e. The Morgan fingerprint density at radius 2 is 1.75 bits per heavy atom. The number of hydrogen-bond acceptors (Lipinski definition) is 0. The van der Waals surface area contributed by atoms with Crippen LogP contribution in [0.4, 0.5) is 0 Å². The van der Waals surface area contributed by atoms with Gasteiger partial charge in [0.25, 0.3) is 0 Å². The molecule has 0 aliphatic heterocycles. The molecular weight excluding hydrogens is 190 g/mol. The van der Waals surface area contributed by atoms with E-state index in [1.165, 1.54) is 32.1 Å². The van der Waals surface area contributed by atoms with Gasteiger partial charge < -0.3 is 0 Å². The average molecular weight is 212 g/mol. The first-order valence-corrected chi connectivity index (χ1v) is 6.85. The quantitative estimate of drug-likeness (QED) is 0.584. The molecule has 3 aliphatic carbocycles. The lowest BCUT2D eigenvalue weighted by atomic mass is 9.36. The molecule has 0 saturated heterocycles. The van der Waals surface area contributed by atoms with Crippen LogP contribution in [0.2, 0.25) is 5.21 Å². The van der Waals surface area contributed by atoms with Crippen molar-refractivity contribution in [2.45, 2.75) is 58.1 Å². The highest BCUT2D eigenvalue weighted by molar-refractivity contribution is 6.40. The molecule has 3 saturated carbocycles. The number of hydrogen-bond donors (Lipinski definition) is 0. The largest absolute Gasteiger partial charge is 0.0916 e. The Bertz CT molecular complexity index is 315. The summed E-state index contributed by atoms with van der Waals surface area (Å²) in [6.45, 7) is 6.54. The zero-order valence-electron chi connectivity index (χ0n) is 10.9. The highest BCUT2D eigenvalue weighted by Gasteiger charge is 2.68. The van der Waals surface area contributed by atoms with Crippen LogP contribution in [0, 0.1) is 28.6 Å². The van der Waals surface area contributed by atoms with Crippen molar-refractivity contribution in [3.05, 3.63) is 0 Å². The van der Waals surface area contributed by atoms with Crippen LogP contribution < -0.4 is 0 Å². The minimum absolute atomic E-state index is 0.00880. The van der Waals surface area contributed by atoms with Crippen LogP contribution in [0.1, 0.15) is 52.9 Å². The molecule has 3 fully saturated rings. The maximum absolute atomic E-state index is 6.43. The molecule has 0 heterocycles. The molecule has 0 nitrogen and oxygen atoms in total. The third-order valence-corrected chi connectivity index (χ3v) is 6.16. The smallest absolute Gasteiger partial charge is 0.0631 e. The van der Waals surface area contributed by atoms with E-state index in [-0.39, 0.29) is 5.41 Å². The Morgan fingerprint density at radius 1 is 1.06 bits per heavy atom. The molecule has 0 aromatic rings. The zero-order chi connectivity index (χ0) is 11.8. The van der Waals surface area contributed by atoms with E-state index in [9.17, 15) is 0 Å². The maximum atomic E-state index is 6.43. The van der Waals surface area contributed by atoms with E-state index in [0.29, 0.717) is 5.92 Å². The van der Waals surface area contributed by atoms with Crippen molar-refractivity contribution < 1.29 is 0 Å². The summed E-state index contributed by atoms with van der Waals surface area (Å²) in [6.07, 6.45) is 6.94. The van der Waals surface area contributed by atoms with Gasteiger partial charge in [-0.1, -0.05) is 38.3 Å². The molecule has 0 amide bonds. The molecule has 4 atom stereocenters. The molecule has 84 valence electrons. The Balaban J connectivity index is 1.73. The van der Waals surface area contributed by atoms with Crippen molar-refractivity contribution in [3.8, 4) is 0 Å². The summed E-state index contributed by atoms with van der Waals surface area (Å²) in [5.41, 5.74) is 0.805. The summed E-state index contributed by atoms with van der Waals surface area (Å²) in [5, 5.41) is -0.491. The fourth-order valence-corrected chi connectivity index (χ4v) is 4.43. The van der Waals surface area contributed by atoms with Crippen LogP contribution in [-0.2, 0) is 0 Å². The topological polar surface area (TPSA) is 0 Å². The van der Waals surface area contributed by atoms with Gasteiger partial charge in [-0.3, -0.25) is 0 Å². The first kappa shape index (κ1) is 11.2. The molecule has 0 bridgehead atoms. The van der Waals surface area contributed by atoms with Crippen molar-refractivity contribution in [1.29, 1.82) is 0 Å². The summed E-state index contributed by atoms with van der Waals surface area (Å²) in [4.78, 5) is 0. The second-order valence-electron chi connectivity index (χ2n) is 7.72. The minimum atomic E-state index is -0.491. The van der Waals surface area contributed by atoms with E-state index >= 15 is 0 Å². The Kier molecular flexibility index (Phi) is 2.05. The van der Waals surface area contributed by atoms with Gasteiger partial charge in [-0.2, -0.15) is 0 Å². The SMILES string of the molecule is [B]C([B])(C1CCC23CC2CC3C1)C(C)(C)C. The van der Waals surface area contributed by atoms with Gasteiger partial charge in [0.15, 0.2) is 0 Å². The van der Waals surface area contributed by atoms with Crippen LogP contribution >= 0.6 is 0 Å². The van der Waals surface area contributed by atoms with Crippen molar-refractivity contribution in [1.82, 2.24) is 0 Å². The van der Waals surface area contributed by atoms with Crippen molar-refractivity contribution in [2.75, 3.05) is 0 Å². The summed E-state index contributed by atoms with van der Waals surface area (Å²) in [5.74, 6) is 2.59. The van der Waals surface area contributed by atoms with Gasteiger partial charge in [-0.15, -0.1) is 0 Å². The average Bonchev–Trinajstić information content (AvgIpc) is 2.70. The van der Waals surface area contributed by atoms with Gasteiger partial charge in [0, 0.05) is 0 Å². The fourth-order valence-electron chi connectivity index (χ4n) is 4.43. The third-order valence-electron chi connectivity index (χ3n) is 6.16. The van der Waals surface area contributed by atoms with Crippen LogP contribution in [0.5, 0.6) is 0 Å². The molecule has 16 heavy (non-hydrogen) atoms. The summed E-state index contributed by atoms with van der Waals surface area (Å²) in [6, 6.07) is 0. The van der Waals surface area contributed by atoms with Gasteiger partial charge in [-0.25, -0.2) is 0 Å². The van der Waals surface area contributed by atoms with Gasteiger partial charge >= 0.3 is 0 Å². The van der Waals surface area contributed by atoms with E-state index < -0.39 is 5.21 Å². The van der Waals surface area contributed by atoms with E-state index in [2.05, 4.69) is 20.8 Å². The van der Waals surface area contributed by atoms with Crippen LogP contribution in [0.3, 0.4) is 0 Å². The molecule has 0 aromatic carbocycles. The second kappa shape index (κ2) is 2.93. The van der Waals surface area contributed by atoms with Crippen molar-refractivity contribution in [3.63, 3.8) is 0 Å². The van der Waals surface area contributed by atoms with Crippen molar-refractivity contribution in [2.24, 2.45) is 28.6 Å². The Hall–Kier alpha value is 0.130. The zero-order valence-corrected chi connectivity index (χ0v) is 10.9. The summed E-state index contributed by atoms with van der Waals surface area (Å²) < 4.78 is 0. The van der Waals surface area contributed by atoms with E-state index in [1.807, 2.05) is 0 Å². The first-order chi connectivity index (χ1) is 7.27. The highest BCUT2D eigenvalue weighted by Crippen LogP contribution is 2.77.